The molecule has 2 amide bonds. The van der Waals surface area contributed by atoms with E-state index in [1.807, 2.05) is 5.01 Å². The summed E-state index contributed by atoms with van der Waals surface area (Å²) in [5, 5.41) is 4.62. The van der Waals surface area contributed by atoms with Crippen LogP contribution in [0.25, 0.3) is 0 Å². The second kappa shape index (κ2) is 9.37. The molecule has 0 radical (unpaired) electrons. The Labute approximate surface area is 141 Å². The lowest BCUT2D eigenvalue weighted by atomic mass is 10.2. The summed E-state index contributed by atoms with van der Waals surface area (Å²) < 4.78 is 5.01. The molecule has 0 atom stereocenters. The van der Waals surface area contributed by atoms with Crippen molar-refractivity contribution in [2.45, 2.75) is 25.7 Å². The molecule has 2 N–H and O–H groups in total. The highest BCUT2D eigenvalue weighted by molar-refractivity contribution is 6.18. The van der Waals surface area contributed by atoms with E-state index in [0.717, 1.165) is 25.9 Å². The standard InChI is InChI=1S/C16H22ClN3O3/c17-9-12-23-15(21)13-7-3-4-8-14(13)18-16(22)19-20-10-5-1-2-6-11-20/h3-4,7-8H,1-2,5-6,9-12H2,(H2,18,19,22). The van der Waals surface area contributed by atoms with Gasteiger partial charge in [0.05, 0.1) is 17.1 Å². The van der Waals surface area contributed by atoms with Gasteiger partial charge in [0.15, 0.2) is 0 Å². The smallest absolute Gasteiger partial charge is 0.340 e. The van der Waals surface area contributed by atoms with E-state index in [2.05, 4.69) is 10.7 Å². The highest BCUT2D eigenvalue weighted by Gasteiger charge is 2.16. The average Bonchev–Trinajstić information content (AvgIpc) is 2.81. The highest BCUT2D eigenvalue weighted by atomic mass is 35.5. The summed E-state index contributed by atoms with van der Waals surface area (Å²) in [6.45, 7) is 1.81. The molecule has 0 spiro atoms. The number of carbonyl (C=O) groups is 2. The van der Waals surface area contributed by atoms with Crippen molar-refractivity contribution < 1.29 is 14.3 Å². The first kappa shape index (κ1) is 17.6. The molecule has 0 bridgehead atoms. The summed E-state index contributed by atoms with van der Waals surface area (Å²) >= 11 is 5.52. The fourth-order valence-corrected chi connectivity index (χ4v) is 2.53. The third-order valence-corrected chi connectivity index (χ3v) is 3.73. The van der Waals surface area contributed by atoms with Crippen molar-refractivity contribution >= 4 is 29.3 Å². The van der Waals surface area contributed by atoms with E-state index in [9.17, 15) is 9.59 Å². The summed E-state index contributed by atoms with van der Waals surface area (Å²) in [5.41, 5.74) is 3.55. The average molecular weight is 340 g/mol. The number of urea groups is 1. The number of nitrogens with zero attached hydrogens (tertiary/aromatic N) is 1. The number of anilines is 1. The van der Waals surface area contributed by atoms with Gasteiger partial charge in [0.2, 0.25) is 0 Å². The lowest BCUT2D eigenvalue weighted by molar-refractivity contribution is 0.0530. The molecule has 1 fully saturated rings. The van der Waals surface area contributed by atoms with Gasteiger partial charge < -0.3 is 10.1 Å². The number of benzene rings is 1. The molecule has 1 aliphatic rings. The van der Waals surface area contributed by atoms with E-state index in [1.165, 1.54) is 12.8 Å². The van der Waals surface area contributed by atoms with Crippen molar-refractivity contribution in [1.82, 2.24) is 10.4 Å². The van der Waals surface area contributed by atoms with E-state index in [0.29, 0.717) is 11.3 Å². The van der Waals surface area contributed by atoms with Gasteiger partial charge in [0.1, 0.15) is 6.61 Å². The second-order valence-electron chi connectivity index (χ2n) is 5.34. The van der Waals surface area contributed by atoms with Crippen molar-refractivity contribution in [3.63, 3.8) is 0 Å². The fraction of sp³-hybridized carbons (Fsp3) is 0.500. The zero-order chi connectivity index (χ0) is 16.5. The van der Waals surface area contributed by atoms with Crippen molar-refractivity contribution in [1.29, 1.82) is 0 Å². The van der Waals surface area contributed by atoms with Crippen molar-refractivity contribution in [2.24, 2.45) is 0 Å². The van der Waals surface area contributed by atoms with E-state index < -0.39 is 5.97 Å². The molecule has 1 aromatic rings. The molecule has 2 rings (SSSR count). The molecule has 0 unspecified atom stereocenters. The maximum absolute atomic E-state index is 12.1. The second-order valence-corrected chi connectivity index (χ2v) is 5.72. The molecule has 0 saturated carbocycles. The van der Waals surface area contributed by atoms with Crippen LogP contribution in [0.1, 0.15) is 36.0 Å². The van der Waals surface area contributed by atoms with Gasteiger partial charge in [-0.05, 0) is 25.0 Å². The lowest BCUT2D eigenvalue weighted by Crippen LogP contribution is -2.45. The maximum atomic E-state index is 12.1. The minimum absolute atomic E-state index is 0.134. The van der Waals surface area contributed by atoms with Gasteiger partial charge in [-0.1, -0.05) is 25.0 Å². The Morgan fingerprint density at radius 3 is 2.52 bits per heavy atom. The van der Waals surface area contributed by atoms with Gasteiger partial charge in [-0.25, -0.2) is 14.6 Å². The van der Waals surface area contributed by atoms with Crippen molar-refractivity contribution in [3.8, 4) is 0 Å². The Morgan fingerprint density at radius 1 is 1.13 bits per heavy atom. The van der Waals surface area contributed by atoms with Gasteiger partial charge >= 0.3 is 12.0 Å². The third kappa shape index (κ3) is 5.73. The molecule has 7 heteroatoms. The number of hydrogen-bond donors (Lipinski definition) is 2. The number of alkyl halides is 1. The molecule has 1 saturated heterocycles. The van der Waals surface area contributed by atoms with Crippen LogP contribution in [0.15, 0.2) is 24.3 Å². The predicted molar refractivity (Wildman–Crippen MR) is 89.6 cm³/mol. The van der Waals surface area contributed by atoms with Crippen LogP contribution in [-0.2, 0) is 4.74 Å². The van der Waals surface area contributed by atoms with Gasteiger partial charge in [-0.15, -0.1) is 11.6 Å². The summed E-state index contributed by atoms with van der Waals surface area (Å²) in [6.07, 6.45) is 4.52. The van der Waals surface area contributed by atoms with Gasteiger partial charge in [-0.2, -0.15) is 0 Å². The zero-order valence-corrected chi connectivity index (χ0v) is 13.8. The van der Waals surface area contributed by atoms with Crippen LogP contribution >= 0.6 is 11.6 Å². The molecule has 6 nitrogen and oxygen atoms in total. The number of hydrogen-bond acceptors (Lipinski definition) is 4. The number of ether oxygens (including phenoxy) is 1. The molecular formula is C16H22ClN3O3. The summed E-state index contributed by atoms with van der Waals surface area (Å²) in [4.78, 5) is 24.1. The monoisotopic (exact) mass is 339 g/mol. The highest BCUT2D eigenvalue weighted by Crippen LogP contribution is 2.16. The fourth-order valence-electron chi connectivity index (χ4n) is 2.46. The number of hydrazine groups is 1. The molecule has 1 aliphatic heterocycles. The first-order chi connectivity index (χ1) is 11.2. The molecule has 1 aromatic carbocycles. The SMILES string of the molecule is O=C(Nc1ccccc1C(=O)OCCCl)NN1CCCCCC1. The van der Waals surface area contributed by atoms with E-state index in [4.69, 9.17) is 16.3 Å². The predicted octanol–water partition coefficient (Wildman–Crippen LogP) is 2.99. The number of halogens is 1. The quantitative estimate of drug-likeness (QED) is 0.639. The maximum Gasteiger partial charge on any atom is 0.340 e. The molecule has 126 valence electrons. The van der Waals surface area contributed by atoms with E-state index in [-0.39, 0.29) is 18.5 Å². The molecule has 23 heavy (non-hydrogen) atoms. The third-order valence-electron chi connectivity index (χ3n) is 3.57. The molecule has 0 aliphatic carbocycles. The number of carbonyl (C=O) groups excluding carboxylic acids is 2. The molecular weight excluding hydrogens is 318 g/mol. The van der Waals surface area contributed by atoms with Crippen LogP contribution in [0, 0.1) is 0 Å². The van der Waals surface area contributed by atoms with Gasteiger partial charge in [-0.3, -0.25) is 5.43 Å². The van der Waals surface area contributed by atoms with Crippen molar-refractivity contribution in [2.75, 3.05) is 30.9 Å². The lowest BCUT2D eigenvalue weighted by Gasteiger charge is -2.21. The van der Waals surface area contributed by atoms with Gasteiger partial charge in [0.25, 0.3) is 0 Å². The number of nitrogens with one attached hydrogen (secondary N) is 2. The van der Waals surface area contributed by atoms with E-state index in [1.54, 1.807) is 24.3 Å². The Morgan fingerprint density at radius 2 is 1.83 bits per heavy atom. The van der Waals surface area contributed by atoms with Gasteiger partial charge in [0, 0.05) is 13.1 Å². The topological polar surface area (TPSA) is 70.7 Å². The van der Waals surface area contributed by atoms with Crippen LogP contribution in [0.3, 0.4) is 0 Å². The first-order valence-corrected chi connectivity index (χ1v) is 8.39. The summed E-state index contributed by atoms with van der Waals surface area (Å²) in [5.74, 6) is -0.270. The Kier molecular flexibility index (Phi) is 7.16. The number of rotatable bonds is 5. The Bertz CT molecular complexity index is 531. The van der Waals surface area contributed by atoms with Crippen LogP contribution in [0.5, 0.6) is 0 Å². The number of para-hydroxylation sites is 1. The summed E-state index contributed by atoms with van der Waals surface area (Å²) in [7, 11) is 0. The van der Waals surface area contributed by atoms with Crippen LogP contribution in [-0.4, -0.2) is 42.6 Å². The summed E-state index contributed by atoms with van der Waals surface area (Å²) in [6, 6.07) is 6.39. The zero-order valence-electron chi connectivity index (χ0n) is 13.0. The van der Waals surface area contributed by atoms with Crippen molar-refractivity contribution in [3.05, 3.63) is 29.8 Å². The Balaban J connectivity index is 1.95. The van der Waals surface area contributed by atoms with Crippen LogP contribution in [0.2, 0.25) is 0 Å². The minimum atomic E-state index is -0.503. The number of amides is 2. The van der Waals surface area contributed by atoms with Crippen LogP contribution in [0.4, 0.5) is 10.5 Å². The largest absolute Gasteiger partial charge is 0.461 e. The van der Waals surface area contributed by atoms with E-state index >= 15 is 0 Å². The molecule has 1 heterocycles. The Hall–Kier alpha value is -1.79. The number of esters is 1. The van der Waals surface area contributed by atoms with Crippen LogP contribution < -0.4 is 10.7 Å². The normalized spacial score (nSPS) is 15.5. The first-order valence-electron chi connectivity index (χ1n) is 7.85. The molecule has 0 aromatic heterocycles. The minimum Gasteiger partial charge on any atom is -0.461 e.